The smallest absolute Gasteiger partial charge is 0.235 e. The second kappa shape index (κ2) is 3.10. The van der Waals surface area contributed by atoms with Gasteiger partial charge in [-0.3, -0.25) is 14.5 Å². The number of ketones is 1. The van der Waals surface area contributed by atoms with Crippen molar-refractivity contribution in [3.63, 3.8) is 0 Å². The first-order chi connectivity index (χ1) is 7.27. The Morgan fingerprint density at radius 3 is 2.93 bits per heavy atom. The predicted molar refractivity (Wildman–Crippen MR) is 58.1 cm³/mol. The molecule has 2 aliphatic heterocycles. The molecule has 0 bridgehead atoms. The van der Waals surface area contributed by atoms with Crippen LogP contribution in [0.1, 0.15) is 6.42 Å². The number of hydrogen-bond donors (Lipinski definition) is 0. The molecule has 3 rings (SSSR count). The van der Waals surface area contributed by atoms with Gasteiger partial charge < -0.3 is 0 Å². The van der Waals surface area contributed by atoms with Crippen molar-refractivity contribution in [1.29, 1.82) is 0 Å². The molecule has 1 aromatic rings. The highest BCUT2D eigenvalue weighted by Gasteiger charge is 2.42. The number of para-hydroxylation sites is 1. The van der Waals surface area contributed by atoms with Crippen molar-refractivity contribution in [2.45, 2.75) is 17.4 Å². The molecule has 1 atom stereocenters. The highest BCUT2D eigenvalue weighted by Crippen LogP contribution is 2.40. The Hall–Kier alpha value is -1.29. The molecule has 3 nitrogen and oxygen atoms in total. The van der Waals surface area contributed by atoms with E-state index in [0.717, 1.165) is 10.6 Å². The van der Waals surface area contributed by atoms with E-state index < -0.39 is 0 Å². The molecule has 0 saturated carbocycles. The SMILES string of the molecule is O=C1CC(=O)N2c3ccccc3SCC12. The van der Waals surface area contributed by atoms with E-state index in [1.165, 1.54) is 0 Å². The second-order valence-electron chi connectivity index (χ2n) is 3.70. The molecule has 0 radical (unpaired) electrons. The molecule has 0 aliphatic carbocycles. The zero-order valence-electron chi connectivity index (χ0n) is 7.97. The first-order valence-electron chi connectivity index (χ1n) is 4.84. The highest BCUT2D eigenvalue weighted by molar-refractivity contribution is 7.99. The van der Waals surface area contributed by atoms with Gasteiger partial charge in [-0.05, 0) is 12.1 Å². The summed E-state index contributed by atoms with van der Waals surface area (Å²) in [5.41, 5.74) is 0.898. The molecule has 1 fully saturated rings. The van der Waals surface area contributed by atoms with Gasteiger partial charge in [-0.2, -0.15) is 0 Å². The van der Waals surface area contributed by atoms with Crippen LogP contribution in [0.5, 0.6) is 0 Å². The molecule has 0 N–H and O–H groups in total. The van der Waals surface area contributed by atoms with Crippen molar-refractivity contribution >= 4 is 29.1 Å². The van der Waals surface area contributed by atoms with Crippen LogP contribution in [0.2, 0.25) is 0 Å². The summed E-state index contributed by atoms with van der Waals surface area (Å²) >= 11 is 1.66. The molecule has 76 valence electrons. The third-order valence-corrected chi connectivity index (χ3v) is 3.94. The molecule has 1 amide bonds. The number of fused-ring (bicyclic) bond motifs is 3. The molecular weight excluding hydrogens is 210 g/mol. The number of anilines is 1. The van der Waals surface area contributed by atoms with Crippen LogP contribution in [-0.2, 0) is 9.59 Å². The van der Waals surface area contributed by atoms with Crippen molar-refractivity contribution < 1.29 is 9.59 Å². The van der Waals surface area contributed by atoms with Crippen molar-refractivity contribution in [2.24, 2.45) is 0 Å². The average Bonchev–Trinajstić information content (AvgIpc) is 2.55. The second-order valence-corrected chi connectivity index (χ2v) is 4.76. The Morgan fingerprint density at radius 1 is 1.27 bits per heavy atom. The third kappa shape index (κ3) is 1.21. The Labute approximate surface area is 91.5 Å². The van der Waals surface area contributed by atoms with Crippen LogP contribution in [0.15, 0.2) is 29.2 Å². The lowest BCUT2D eigenvalue weighted by Gasteiger charge is -2.30. The fraction of sp³-hybridized carbons (Fsp3) is 0.273. The van der Waals surface area contributed by atoms with E-state index >= 15 is 0 Å². The van der Waals surface area contributed by atoms with Gasteiger partial charge in [-0.25, -0.2) is 0 Å². The Morgan fingerprint density at radius 2 is 2.07 bits per heavy atom. The van der Waals surface area contributed by atoms with Crippen molar-refractivity contribution in [3.8, 4) is 0 Å². The minimum absolute atomic E-state index is 0.0574. The van der Waals surface area contributed by atoms with Gasteiger partial charge in [0.25, 0.3) is 0 Å². The van der Waals surface area contributed by atoms with E-state index in [1.807, 2.05) is 24.3 Å². The fourth-order valence-electron chi connectivity index (χ4n) is 2.09. The maximum absolute atomic E-state index is 11.7. The summed E-state index contributed by atoms with van der Waals surface area (Å²) in [5, 5.41) is 0. The van der Waals surface area contributed by atoms with Crippen molar-refractivity contribution in [1.82, 2.24) is 0 Å². The van der Waals surface area contributed by atoms with Gasteiger partial charge >= 0.3 is 0 Å². The van der Waals surface area contributed by atoms with Crippen molar-refractivity contribution in [3.05, 3.63) is 24.3 Å². The Bertz CT molecular complexity index is 458. The van der Waals surface area contributed by atoms with Crippen LogP contribution in [0.3, 0.4) is 0 Å². The summed E-state index contributed by atoms with van der Waals surface area (Å²) in [6.07, 6.45) is 0.0690. The molecule has 0 aromatic heterocycles. The molecule has 1 aromatic carbocycles. The summed E-state index contributed by atoms with van der Waals surface area (Å²) in [6, 6.07) is 7.53. The third-order valence-electron chi connectivity index (χ3n) is 2.80. The highest BCUT2D eigenvalue weighted by atomic mass is 32.2. The summed E-state index contributed by atoms with van der Waals surface area (Å²) < 4.78 is 0. The van der Waals surface area contributed by atoms with Crippen LogP contribution < -0.4 is 4.90 Å². The molecule has 2 heterocycles. The largest absolute Gasteiger partial charge is 0.300 e. The van der Waals surface area contributed by atoms with E-state index in [-0.39, 0.29) is 24.2 Å². The standard InChI is InChI=1S/C11H9NO2S/c13-9-5-11(14)12-7-3-1-2-4-10(7)15-6-8(9)12/h1-4,8H,5-6H2. The van der Waals surface area contributed by atoms with Crippen LogP contribution in [0.25, 0.3) is 0 Å². The van der Waals surface area contributed by atoms with Gasteiger partial charge in [0, 0.05) is 10.6 Å². The fourth-order valence-corrected chi connectivity index (χ4v) is 3.25. The number of hydrogen-bond acceptors (Lipinski definition) is 3. The number of thioether (sulfide) groups is 1. The maximum Gasteiger partial charge on any atom is 0.235 e. The van der Waals surface area contributed by atoms with Gasteiger partial charge in [-0.1, -0.05) is 12.1 Å². The monoisotopic (exact) mass is 219 g/mol. The predicted octanol–water partition coefficient (Wildman–Crippen LogP) is 1.47. The first kappa shape index (κ1) is 8.97. The number of carbonyl (C=O) groups is 2. The van der Waals surface area contributed by atoms with Gasteiger partial charge in [-0.15, -0.1) is 11.8 Å². The van der Waals surface area contributed by atoms with Gasteiger partial charge in [0.15, 0.2) is 5.78 Å². The summed E-state index contributed by atoms with van der Waals surface area (Å²) in [6.45, 7) is 0. The molecule has 1 saturated heterocycles. The average molecular weight is 219 g/mol. The van der Waals surface area contributed by atoms with Gasteiger partial charge in [0.05, 0.1) is 12.1 Å². The number of nitrogens with zero attached hydrogens (tertiary/aromatic N) is 1. The van der Waals surface area contributed by atoms with Crippen LogP contribution in [-0.4, -0.2) is 23.5 Å². The molecule has 1 unspecified atom stereocenters. The minimum atomic E-state index is -0.225. The van der Waals surface area contributed by atoms with Gasteiger partial charge in [0.2, 0.25) is 5.91 Å². The number of benzene rings is 1. The molecular formula is C11H9NO2S. The van der Waals surface area contributed by atoms with E-state index in [2.05, 4.69) is 0 Å². The lowest BCUT2D eigenvalue weighted by Crippen LogP contribution is -2.39. The zero-order chi connectivity index (χ0) is 10.4. The Balaban J connectivity index is 2.13. The zero-order valence-corrected chi connectivity index (χ0v) is 8.79. The number of rotatable bonds is 0. The number of amides is 1. The molecule has 0 spiro atoms. The van der Waals surface area contributed by atoms with Crippen molar-refractivity contribution in [2.75, 3.05) is 10.7 Å². The number of Topliss-reactive ketones (excluding diaryl/α,β-unsaturated/α-hetero) is 1. The topological polar surface area (TPSA) is 37.4 Å². The van der Waals surface area contributed by atoms with Crippen LogP contribution in [0, 0.1) is 0 Å². The first-order valence-corrected chi connectivity index (χ1v) is 5.82. The molecule has 2 aliphatic rings. The summed E-state index contributed by atoms with van der Waals surface area (Å²) in [4.78, 5) is 26.0. The van der Waals surface area contributed by atoms with Crippen LogP contribution in [0.4, 0.5) is 5.69 Å². The Kier molecular flexibility index (Phi) is 1.85. The molecule has 4 heteroatoms. The summed E-state index contributed by atoms with van der Waals surface area (Å²) in [5.74, 6) is 0.696. The van der Waals surface area contributed by atoms with E-state index in [9.17, 15) is 9.59 Å². The summed E-state index contributed by atoms with van der Waals surface area (Å²) in [7, 11) is 0. The van der Waals surface area contributed by atoms with Crippen LogP contribution >= 0.6 is 11.8 Å². The van der Waals surface area contributed by atoms with E-state index in [0.29, 0.717) is 5.75 Å². The molecule has 15 heavy (non-hydrogen) atoms. The van der Waals surface area contributed by atoms with Gasteiger partial charge in [0.1, 0.15) is 6.04 Å². The van der Waals surface area contributed by atoms with E-state index in [1.54, 1.807) is 16.7 Å². The number of carbonyl (C=O) groups excluding carboxylic acids is 2. The lowest BCUT2D eigenvalue weighted by atomic mass is 10.2. The quantitative estimate of drug-likeness (QED) is 0.620. The lowest BCUT2D eigenvalue weighted by molar-refractivity contribution is -0.121. The van der Waals surface area contributed by atoms with E-state index in [4.69, 9.17) is 0 Å². The maximum atomic E-state index is 11.7. The normalized spacial score (nSPS) is 24.0. The minimum Gasteiger partial charge on any atom is -0.300 e.